The number of nitrogens with zero attached hydrogens (tertiary/aromatic N) is 2. The van der Waals surface area contributed by atoms with Crippen LogP contribution in [0.2, 0.25) is 0 Å². The normalized spacial score (nSPS) is 15.0. The zero-order valence-electron chi connectivity index (χ0n) is 16.9. The summed E-state index contributed by atoms with van der Waals surface area (Å²) < 4.78 is 0. The molecule has 0 bridgehead atoms. The summed E-state index contributed by atoms with van der Waals surface area (Å²) in [6.07, 6.45) is 0. The summed E-state index contributed by atoms with van der Waals surface area (Å²) in [6, 6.07) is 16.0. The molecule has 8 nitrogen and oxygen atoms in total. The van der Waals surface area contributed by atoms with Crippen molar-refractivity contribution in [1.82, 2.24) is 10.2 Å². The lowest BCUT2D eigenvalue weighted by atomic mass is 10.0. The van der Waals surface area contributed by atoms with Crippen LogP contribution in [0.25, 0.3) is 10.8 Å². The molecule has 0 fully saturated rings. The fraction of sp³-hybridized carbons (Fsp3) is 0.174. The minimum absolute atomic E-state index is 0.0681. The summed E-state index contributed by atoms with van der Waals surface area (Å²) in [5.41, 5.74) is 0.0777. The van der Waals surface area contributed by atoms with Crippen LogP contribution >= 0.6 is 0 Å². The van der Waals surface area contributed by atoms with Crippen molar-refractivity contribution in [3.05, 3.63) is 87.5 Å². The van der Waals surface area contributed by atoms with E-state index >= 15 is 0 Å². The topological polar surface area (TPSA) is 110 Å². The molecule has 1 heterocycles. The van der Waals surface area contributed by atoms with Crippen molar-refractivity contribution >= 4 is 34.2 Å². The molecule has 0 saturated heterocycles. The van der Waals surface area contributed by atoms with Crippen molar-refractivity contribution in [3.63, 3.8) is 0 Å². The molecule has 1 aliphatic rings. The zero-order chi connectivity index (χ0) is 22.3. The van der Waals surface area contributed by atoms with Crippen molar-refractivity contribution in [1.29, 1.82) is 0 Å². The van der Waals surface area contributed by atoms with Gasteiger partial charge < -0.3 is 5.32 Å². The highest BCUT2D eigenvalue weighted by Crippen LogP contribution is 2.32. The molecule has 31 heavy (non-hydrogen) atoms. The van der Waals surface area contributed by atoms with Gasteiger partial charge >= 0.3 is 0 Å². The van der Waals surface area contributed by atoms with Crippen LogP contribution in [-0.4, -0.2) is 33.6 Å². The number of carbonyl (C=O) groups is 3. The maximum absolute atomic E-state index is 12.8. The van der Waals surface area contributed by atoms with Crippen LogP contribution in [0.15, 0.2) is 60.7 Å². The van der Waals surface area contributed by atoms with Crippen molar-refractivity contribution in [2.75, 3.05) is 0 Å². The first-order chi connectivity index (χ1) is 14.8. The summed E-state index contributed by atoms with van der Waals surface area (Å²) in [5.74, 6) is -2.09. The standard InChI is InChI=1S/C23H19N3O5/c1-13(16-11-10-15-6-3-4-7-17(15)12-16)24-21(27)14(2)25-22(28)18-8-5-9-19(26(30)31)20(18)23(25)29/h3-14H,1-2H3,(H,24,27). The summed E-state index contributed by atoms with van der Waals surface area (Å²) in [7, 11) is 0. The minimum atomic E-state index is -1.13. The van der Waals surface area contributed by atoms with E-state index in [1.165, 1.54) is 25.1 Å². The number of rotatable bonds is 5. The van der Waals surface area contributed by atoms with Gasteiger partial charge in [0.25, 0.3) is 17.5 Å². The smallest absolute Gasteiger partial charge is 0.282 e. The van der Waals surface area contributed by atoms with E-state index in [-0.39, 0.29) is 17.2 Å². The third-order valence-electron chi connectivity index (χ3n) is 5.52. The number of imide groups is 1. The Kier molecular flexibility index (Phi) is 4.98. The highest BCUT2D eigenvalue weighted by Gasteiger charge is 2.44. The summed E-state index contributed by atoms with van der Waals surface area (Å²) >= 11 is 0. The van der Waals surface area contributed by atoms with Crippen molar-refractivity contribution < 1.29 is 19.3 Å². The molecule has 0 aromatic heterocycles. The van der Waals surface area contributed by atoms with Crippen molar-refractivity contribution in [3.8, 4) is 0 Å². The van der Waals surface area contributed by atoms with Crippen LogP contribution in [0.5, 0.6) is 0 Å². The highest BCUT2D eigenvalue weighted by molar-refractivity contribution is 6.24. The maximum atomic E-state index is 12.8. The Hall–Kier alpha value is -4.07. The first kappa shape index (κ1) is 20.2. The monoisotopic (exact) mass is 417 g/mol. The number of hydrogen-bond donors (Lipinski definition) is 1. The molecule has 156 valence electrons. The third kappa shape index (κ3) is 3.42. The van der Waals surface area contributed by atoms with Gasteiger partial charge in [-0.05, 0) is 42.3 Å². The lowest BCUT2D eigenvalue weighted by Crippen LogP contribution is -2.48. The second-order valence-electron chi connectivity index (χ2n) is 7.45. The second-order valence-corrected chi connectivity index (χ2v) is 7.45. The number of fused-ring (bicyclic) bond motifs is 2. The molecule has 3 aromatic carbocycles. The molecule has 0 spiro atoms. The quantitative estimate of drug-likeness (QED) is 0.387. The van der Waals surface area contributed by atoms with E-state index in [4.69, 9.17) is 0 Å². The van der Waals surface area contributed by atoms with E-state index in [9.17, 15) is 24.5 Å². The number of benzene rings is 3. The van der Waals surface area contributed by atoms with Gasteiger partial charge in [0, 0.05) is 6.07 Å². The van der Waals surface area contributed by atoms with Gasteiger partial charge in [0.2, 0.25) is 5.91 Å². The molecule has 0 radical (unpaired) electrons. The molecule has 1 N–H and O–H groups in total. The van der Waals surface area contributed by atoms with Crippen LogP contribution < -0.4 is 5.32 Å². The first-order valence-electron chi connectivity index (χ1n) is 9.74. The van der Waals surface area contributed by atoms with Crippen LogP contribution in [0.1, 0.15) is 46.2 Å². The van der Waals surface area contributed by atoms with E-state index < -0.39 is 34.4 Å². The average Bonchev–Trinajstić information content (AvgIpc) is 3.02. The molecule has 0 saturated carbocycles. The third-order valence-corrected chi connectivity index (χ3v) is 5.52. The molecule has 3 amide bonds. The molecule has 0 aliphatic carbocycles. The van der Waals surface area contributed by atoms with E-state index in [1.807, 2.05) is 49.4 Å². The molecule has 3 aromatic rings. The van der Waals surface area contributed by atoms with Crippen molar-refractivity contribution in [2.45, 2.75) is 25.9 Å². The fourth-order valence-corrected chi connectivity index (χ4v) is 3.80. The van der Waals surface area contributed by atoms with Crippen LogP contribution in [0.4, 0.5) is 5.69 Å². The lowest BCUT2D eigenvalue weighted by Gasteiger charge is -2.24. The van der Waals surface area contributed by atoms with Crippen molar-refractivity contribution in [2.24, 2.45) is 0 Å². The molecular formula is C23H19N3O5. The van der Waals surface area contributed by atoms with E-state index in [0.29, 0.717) is 0 Å². The van der Waals surface area contributed by atoms with Crippen LogP contribution in [0, 0.1) is 10.1 Å². The zero-order valence-corrected chi connectivity index (χ0v) is 16.9. The number of carbonyl (C=O) groups excluding carboxylic acids is 3. The Morgan fingerprint density at radius 2 is 1.68 bits per heavy atom. The van der Waals surface area contributed by atoms with Gasteiger partial charge in [-0.15, -0.1) is 0 Å². The van der Waals surface area contributed by atoms with E-state index in [1.54, 1.807) is 0 Å². The maximum Gasteiger partial charge on any atom is 0.282 e. The minimum Gasteiger partial charge on any atom is -0.348 e. The SMILES string of the molecule is CC(NC(=O)C(C)N1C(=O)c2cccc([N+](=O)[O-])c2C1=O)c1ccc2ccccc2c1. The molecule has 4 rings (SSSR count). The summed E-state index contributed by atoms with van der Waals surface area (Å²) in [6.45, 7) is 3.23. The Morgan fingerprint density at radius 1 is 0.968 bits per heavy atom. The number of nitro groups is 1. The Morgan fingerprint density at radius 3 is 2.39 bits per heavy atom. The van der Waals surface area contributed by atoms with Gasteiger partial charge in [-0.3, -0.25) is 29.4 Å². The van der Waals surface area contributed by atoms with Gasteiger partial charge in [-0.2, -0.15) is 0 Å². The van der Waals surface area contributed by atoms with Gasteiger partial charge in [-0.25, -0.2) is 0 Å². The predicted octanol–water partition coefficient (Wildman–Crippen LogP) is 3.61. The van der Waals surface area contributed by atoms with Gasteiger partial charge in [-0.1, -0.05) is 42.5 Å². The molecular weight excluding hydrogens is 398 g/mol. The predicted molar refractivity (Wildman–Crippen MR) is 114 cm³/mol. The van der Waals surface area contributed by atoms with Gasteiger partial charge in [0.05, 0.1) is 16.5 Å². The van der Waals surface area contributed by atoms with E-state index in [2.05, 4.69) is 5.32 Å². The van der Waals surface area contributed by atoms with Crippen LogP contribution in [0.3, 0.4) is 0 Å². The average molecular weight is 417 g/mol. The summed E-state index contributed by atoms with van der Waals surface area (Å²) in [4.78, 5) is 49.7. The highest BCUT2D eigenvalue weighted by atomic mass is 16.6. The van der Waals surface area contributed by atoms with Crippen LogP contribution in [-0.2, 0) is 4.79 Å². The Labute approximate surface area is 177 Å². The molecule has 2 unspecified atom stereocenters. The largest absolute Gasteiger partial charge is 0.348 e. The molecule has 8 heteroatoms. The number of nitrogens with one attached hydrogen (secondary N) is 1. The van der Waals surface area contributed by atoms with Gasteiger partial charge in [0.15, 0.2) is 0 Å². The fourth-order valence-electron chi connectivity index (χ4n) is 3.80. The van der Waals surface area contributed by atoms with E-state index in [0.717, 1.165) is 21.2 Å². The molecule has 1 aliphatic heterocycles. The van der Waals surface area contributed by atoms with Gasteiger partial charge in [0.1, 0.15) is 11.6 Å². The lowest BCUT2D eigenvalue weighted by molar-refractivity contribution is -0.385. The second kappa shape index (κ2) is 7.64. The summed E-state index contributed by atoms with van der Waals surface area (Å²) in [5, 5.41) is 16.2. The number of hydrogen-bond acceptors (Lipinski definition) is 5. The number of nitro benzene ring substituents is 1. The Bertz CT molecular complexity index is 1250. The molecule has 2 atom stereocenters. The number of amides is 3. The Balaban J connectivity index is 1.55. The first-order valence-corrected chi connectivity index (χ1v) is 9.74.